The number of nitrogens with one attached hydrogen (secondary N) is 1. The first-order valence-corrected chi connectivity index (χ1v) is 9.12. The number of aromatic hydroxyl groups is 1. The van der Waals surface area contributed by atoms with Crippen molar-refractivity contribution in [2.24, 2.45) is 0 Å². The standard InChI is InChI=1S/C22H17ClFN3O/c1-13-11-19(26-12-18(13)24)27-21(15-6-2-3-7-17(15)23)16-9-8-14-5-4-10-25-20(14)22(16)28/h2-12,21,28H,1H3,(H,26,27). The van der Waals surface area contributed by atoms with Crippen molar-refractivity contribution in [1.82, 2.24) is 9.97 Å². The van der Waals surface area contributed by atoms with Crippen molar-refractivity contribution in [3.8, 4) is 5.75 Å². The number of rotatable bonds is 4. The van der Waals surface area contributed by atoms with Crippen LogP contribution in [0.5, 0.6) is 5.75 Å². The number of aryl methyl sites for hydroxylation is 1. The van der Waals surface area contributed by atoms with Crippen molar-refractivity contribution in [3.05, 3.63) is 94.5 Å². The number of anilines is 1. The Balaban J connectivity index is 1.87. The lowest BCUT2D eigenvalue weighted by Crippen LogP contribution is -2.14. The summed E-state index contributed by atoms with van der Waals surface area (Å²) >= 11 is 6.44. The minimum absolute atomic E-state index is 0.0642. The third-order valence-electron chi connectivity index (χ3n) is 4.65. The maximum absolute atomic E-state index is 13.6. The number of hydrogen-bond acceptors (Lipinski definition) is 4. The fourth-order valence-electron chi connectivity index (χ4n) is 3.18. The van der Waals surface area contributed by atoms with Gasteiger partial charge in [0, 0.05) is 22.2 Å². The van der Waals surface area contributed by atoms with E-state index in [1.807, 2.05) is 42.5 Å². The molecule has 0 amide bonds. The van der Waals surface area contributed by atoms with Crippen molar-refractivity contribution in [2.75, 3.05) is 5.32 Å². The second-order valence-corrected chi connectivity index (χ2v) is 6.90. The van der Waals surface area contributed by atoms with Crippen LogP contribution in [0.15, 0.2) is 67.0 Å². The van der Waals surface area contributed by atoms with Crippen molar-refractivity contribution in [2.45, 2.75) is 13.0 Å². The molecule has 140 valence electrons. The predicted molar refractivity (Wildman–Crippen MR) is 109 cm³/mol. The molecule has 4 nitrogen and oxygen atoms in total. The Labute approximate surface area is 166 Å². The maximum atomic E-state index is 13.6. The van der Waals surface area contributed by atoms with Crippen LogP contribution in [0.2, 0.25) is 5.02 Å². The molecule has 0 spiro atoms. The molecule has 2 aromatic heterocycles. The molecule has 0 aliphatic heterocycles. The van der Waals surface area contributed by atoms with Crippen molar-refractivity contribution < 1.29 is 9.50 Å². The molecule has 0 radical (unpaired) electrons. The van der Waals surface area contributed by atoms with E-state index < -0.39 is 6.04 Å². The lowest BCUT2D eigenvalue weighted by atomic mass is 9.96. The average molecular weight is 394 g/mol. The summed E-state index contributed by atoms with van der Waals surface area (Å²) in [5.74, 6) is 0.163. The predicted octanol–water partition coefficient (Wildman–Crippen LogP) is 5.64. The van der Waals surface area contributed by atoms with E-state index in [0.717, 1.165) is 10.9 Å². The first kappa shape index (κ1) is 18.2. The molecule has 0 fully saturated rings. The Morgan fingerprint density at radius 3 is 2.64 bits per heavy atom. The van der Waals surface area contributed by atoms with Gasteiger partial charge in [-0.05, 0) is 36.2 Å². The van der Waals surface area contributed by atoms with E-state index in [9.17, 15) is 9.50 Å². The molecule has 2 aromatic carbocycles. The number of nitrogens with zero attached hydrogens (tertiary/aromatic N) is 2. The molecule has 4 aromatic rings. The fourth-order valence-corrected chi connectivity index (χ4v) is 3.42. The Bertz CT molecular complexity index is 1170. The number of pyridine rings is 2. The SMILES string of the molecule is Cc1cc(NC(c2ccccc2Cl)c2ccc3cccnc3c2O)ncc1F. The Morgan fingerprint density at radius 1 is 1.04 bits per heavy atom. The molecule has 1 atom stereocenters. The van der Waals surface area contributed by atoms with E-state index >= 15 is 0 Å². The summed E-state index contributed by atoms with van der Waals surface area (Å²) in [6, 6.07) is 15.9. The molecule has 28 heavy (non-hydrogen) atoms. The second-order valence-electron chi connectivity index (χ2n) is 6.50. The summed E-state index contributed by atoms with van der Waals surface area (Å²) in [6.45, 7) is 1.67. The summed E-state index contributed by atoms with van der Waals surface area (Å²) < 4.78 is 13.6. The number of benzene rings is 2. The van der Waals surface area contributed by atoms with Crippen LogP contribution in [0, 0.1) is 12.7 Å². The van der Waals surface area contributed by atoms with Crippen LogP contribution in [-0.2, 0) is 0 Å². The number of fused-ring (bicyclic) bond motifs is 1. The molecular formula is C22H17ClFN3O. The zero-order valence-electron chi connectivity index (χ0n) is 15.0. The number of aromatic nitrogens is 2. The number of phenolic OH excluding ortho intramolecular Hbond substituents is 1. The minimum atomic E-state index is -0.502. The van der Waals surface area contributed by atoms with Gasteiger partial charge in [0.2, 0.25) is 0 Å². The molecular weight excluding hydrogens is 377 g/mol. The van der Waals surface area contributed by atoms with Gasteiger partial charge in [-0.1, -0.05) is 48.0 Å². The summed E-state index contributed by atoms with van der Waals surface area (Å²) in [5.41, 5.74) is 2.34. The van der Waals surface area contributed by atoms with Gasteiger partial charge in [0.1, 0.15) is 22.9 Å². The van der Waals surface area contributed by atoms with E-state index in [1.54, 1.807) is 25.3 Å². The quantitative estimate of drug-likeness (QED) is 0.471. The molecule has 0 aliphatic rings. The number of halogens is 2. The third-order valence-corrected chi connectivity index (χ3v) is 4.99. The molecule has 4 rings (SSSR count). The van der Waals surface area contributed by atoms with Crippen LogP contribution in [-0.4, -0.2) is 15.1 Å². The van der Waals surface area contributed by atoms with Crippen molar-refractivity contribution in [1.29, 1.82) is 0 Å². The van der Waals surface area contributed by atoms with Gasteiger partial charge >= 0.3 is 0 Å². The zero-order valence-corrected chi connectivity index (χ0v) is 15.8. The summed E-state index contributed by atoms with van der Waals surface area (Å²) in [7, 11) is 0. The molecule has 6 heteroatoms. The van der Waals surface area contributed by atoms with Gasteiger partial charge < -0.3 is 10.4 Å². The van der Waals surface area contributed by atoms with Crippen LogP contribution in [0.25, 0.3) is 10.9 Å². The minimum Gasteiger partial charge on any atom is -0.505 e. The molecule has 2 heterocycles. The van der Waals surface area contributed by atoms with Crippen molar-refractivity contribution in [3.63, 3.8) is 0 Å². The normalized spacial score (nSPS) is 12.1. The molecule has 0 saturated heterocycles. The lowest BCUT2D eigenvalue weighted by Gasteiger charge is -2.23. The van der Waals surface area contributed by atoms with Crippen LogP contribution >= 0.6 is 11.6 Å². The van der Waals surface area contributed by atoms with Crippen LogP contribution in [0.4, 0.5) is 10.2 Å². The molecule has 0 aliphatic carbocycles. The van der Waals surface area contributed by atoms with Crippen LogP contribution < -0.4 is 5.32 Å². The third kappa shape index (κ3) is 3.37. The van der Waals surface area contributed by atoms with Crippen LogP contribution in [0.3, 0.4) is 0 Å². The lowest BCUT2D eigenvalue weighted by molar-refractivity contribution is 0.471. The van der Waals surface area contributed by atoms with Gasteiger partial charge in [-0.2, -0.15) is 0 Å². The molecule has 0 saturated carbocycles. The second kappa shape index (κ2) is 7.44. The Morgan fingerprint density at radius 2 is 1.86 bits per heavy atom. The van der Waals surface area contributed by atoms with Gasteiger partial charge in [-0.15, -0.1) is 0 Å². The van der Waals surface area contributed by atoms with Gasteiger partial charge in [-0.25, -0.2) is 9.37 Å². The van der Waals surface area contributed by atoms with E-state index in [4.69, 9.17) is 11.6 Å². The van der Waals surface area contributed by atoms with E-state index in [1.165, 1.54) is 6.20 Å². The average Bonchev–Trinajstić information content (AvgIpc) is 2.70. The van der Waals surface area contributed by atoms with Crippen LogP contribution in [0.1, 0.15) is 22.7 Å². The van der Waals surface area contributed by atoms with Gasteiger partial charge in [0.05, 0.1) is 12.2 Å². The number of phenols is 1. The van der Waals surface area contributed by atoms with E-state index in [2.05, 4.69) is 15.3 Å². The van der Waals surface area contributed by atoms with Gasteiger partial charge in [0.15, 0.2) is 0 Å². The highest BCUT2D eigenvalue weighted by Gasteiger charge is 2.22. The van der Waals surface area contributed by atoms with Gasteiger partial charge in [0.25, 0.3) is 0 Å². The molecule has 2 N–H and O–H groups in total. The first-order valence-electron chi connectivity index (χ1n) is 8.74. The van der Waals surface area contributed by atoms with E-state index in [-0.39, 0.29) is 11.6 Å². The summed E-state index contributed by atoms with van der Waals surface area (Å²) in [5, 5.41) is 15.6. The molecule has 1 unspecified atom stereocenters. The fraction of sp³-hybridized carbons (Fsp3) is 0.0909. The monoisotopic (exact) mass is 393 g/mol. The first-order chi connectivity index (χ1) is 13.5. The topological polar surface area (TPSA) is 58.0 Å². The largest absolute Gasteiger partial charge is 0.505 e. The highest BCUT2D eigenvalue weighted by atomic mass is 35.5. The maximum Gasteiger partial charge on any atom is 0.147 e. The Kier molecular flexibility index (Phi) is 4.84. The molecule has 0 bridgehead atoms. The highest BCUT2D eigenvalue weighted by Crippen LogP contribution is 2.38. The number of hydrogen-bond donors (Lipinski definition) is 2. The Hall–Kier alpha value is -3.18. The summed E-state index contributed by atoms with van der Waals surface area (Å²) in [6.07, 6.45) is 2.80. The van der Waals surface area contributed by atoms with E-state index in [0.29, 0.717) is 27.5 Å². The zero-order chi connectivity index (χ0) is 19.7. The highest BCUT2D eigenvalue weighted by molar-refractivity contribution is 6.31. The van der Waals surface area contributed by atoms with Gasteiger partial charge in [-0.3, -0.25) is 4.98 Å². The summed E-state index contributed by atoms with van der Waals surface area (Å²) in [4.78, 5) is 8.42. The van der Waals surface area contributed by atoms with Crippen molar-refractivity contribution >= 4 is 28.3 Å². The smallest absolute Gasteiger partial charge is 0.147 e.